The number of phenolic OH excluding ortho intramolecular Hbond substituents is 1. The molecule has 0 aliphatic heterocycles. The maximum Gasteiger partial charge on any atom is 0.230 e. The third-order valence-electron chi connectivity index (χ3n) is 6.03. The highest BCUT2D eigenvalue weighted by molar-refractivity contribution is 5.94. The van der Waals surface area contributed by atoms with Gasteiger partial charge in [-0.05, 0) is 53.3 Å². The zero-order chi connectivity index (χ0) is 24.2. The zero-order valence-electron chi connectivity index (χ0n) is 19.1. The van der Waals surface area contributed by atoms with Crippen molar-refractivity contribution in [1.82, 2.24) is 9.97 Å². The molecule has 1 amide bonds. The Morgan fingerprint density at radius 1 is 0.914 bits per heavy atom. The zero-order valence-corrected chi connectivity index (χ0v) is 19.1. The van der Waals surface area contributed by atoms with Gasteiger partial charge in [0.15, 0.2) is 5.82 Å². The van der Waals surface area contributed by atoms with Crippen LogP contribution in [0.15, 0.2) is 72.8 Å². The van der Waals surface area contributed by atoms with E-state index in [1.807, 2.05) is 60.7 Å². The lowest BCUT2D eigenvalue weighted by molar-refractivity contribution is -0.115. The highest BCUT2D eigenvalue weighted by Gasteiger charge is 2.22. The molecule has 1 heterocycles. The number of nitrogens with zero attached hydrogens (tertiary/aromatic N) is 2. The van der Waals surface area contributed by atoms with Gasteiger partial charge in [0.2, 0.25) is 5.91 Å². The molecule has 0 radical (unpaired) electrons. The Labute approximate surface area is 203 Å². The molecule has 1 aliphatic rings. The van der Waals surface area contributed by atoms with Crippen LogP contribution in [0.25, 0.3) is 23.4 Å². The third kappa shape index (κ3) is 5.13. The summed E-state index contributed by atoms with van der Waals surface area (Å²) >= 11 is 0. The average Bonchev–Trinajstić information content (AvgIpc) is 2.89. The summed E-state index contributed by atoms with van der Waals surface area (Å²) in [6, 6.07) is 22.4. The molecule has 0 saturated heterocycles. The van der Waals surface area contributed by atoms with Crippen LogP contribution in [0.3, 0.4) is 0 Å². The number of aliphatic hydroxyl groups is 1. The van der Waals surface area contributed by atoms with E-state index < -0.39 is 0 Å². The van der Waals surface area contributed by atoms with Crippen LogP contribution in [-0.4, -0.2) is 26.1 Å². The Morgan fingerprint density at radius 2 is 1.69 bits per heavy atom. The van der Waals surface area contributed by atoms with Crippen LogP contribution >= 0.6 is 0 Å². The Morgan fingerprint density at radius 3 is 2.46 bits per heavy atom. The number of aryl methyl sites for hydroxylation is 2. The molecule has 3 N–H and O–H groups in total. The number of fused-ring (bicyclic) bond motifs is 3. The summed E-state index contributed by atoms with van der Waals surface area (Å²) < 4.78 is 0. The molecule has 6 heteroatoms. The van der Waals surface area contributed by atoms with Gasteiger partial charge in [0.05, 0.1) is 24.4 Å². The molecule has 1 aromatic heterocycles. The van der Waals surface area contributed by atoms with Crippen LogP contribution in [0.2, 0.25) is 0 Å². The number of aromatic hydroxyl groups is 1. The molecule has 6 nitrogen and oxygen atoms in total. The highest BCUT2D eigenvalue weighted by Crippen LogP contribution is 2.34. The molecule has 1 aliphatic carbocycles. The van der Waals surface area contributed by atoms with Gasteiger partial charge in [-0.25, -0.2) is 9.97 Å². The molecule has 0 saturated carbocycles. The molecule has 35 heavy (non-hydrogen) atoms. The van der Waals surface area contributed by atoms with Crippen LogP contribution in [0.5, 0.6) is 5.75 Å². The number of benzene rings is 3. The van der Waals surface area contributed by atoms with Gasteiger partial charge in [0, 0.05) is 5.56 Å². The van der Waals surface area contributed by atoms with E-state index in [0.717, 1.165) is 45.6 Å². The van der Waals surface area contributed by atoms with Gasteiger partial charge in [0.25, 0.3) is 0 Å². The second-order valence-corrected chi connectivity index (χ2v) is 8.54. The topological polar surface area (TPSA) is 95.3 Å². The minimum atomic E-state index is -0.205. The van der Waals surface area contributed by atoms with Crippen LogP contribution in [-0.2, 0) is 30.7 Å². The summed E-state index contributed by atoms with van der Waals surface area (Å²) in [7, 11) is 0. The van der Waals surface area contributed by atoms with Crippen LogP contribution in [0.4, 0.5) is 5.82 Å². The maximum atomic E-state index is 12.8. The predicted molar refractivity (Wildman–Crippen MR) is 137 cm³/mol. The molecular formula is C29H25N3O3. The largest absolute Gasteiger partial charge is 0.508 e. The maximum absolute atomic E-state index is 12.8. The fraction of sp³-hybridized carbons (Fsp3) is 0.138. The molecule has 4 aromatic rings. The van der Waals surface area contributed by atoms with Gasteiger partial charge >= 0.3 is 0 Å². The van der Waals surface area contributed by atoms with E-state index in [1.165, 1.54) is 0 Å². The number of anilines is 1. The van der Waals surface area contributed by atoms with Crippen molar-refractivity contribution >= 4 is 23.9 Å². The monoisotopic (exact) mass is 463 g/mol. The quantitative estimate of drug-likeness (QED) is 0.382. The number of carbonyl (C=O) groups excluding carboxylic acids is 1. The highest BCUT2D eigenvalue weighted by atomic mass is 16.3. The average molecular weight is 464 g/mol. The molecular weight excluding hydrogens is 438 g/mol. The van der Waals surface area contributed by atoms with Crippen molar-refractivity contribution in [1.29, 1.82) is 0 Å². The van der Waals surface area contributed by atoms with Crippen molar-refractivity contribution in [2.45, 2.75) is 25.9 Å². The summed E-state index contributed by atoms with van der Waals surface area (Å²) in [6.07, 6.45) is 5.48. The second-order valence-electron chi connectivity index (χ2n) is 8.54. The lowest BCUT2D eigenvalue weighted by Gasteiger charge is -2.21. The Bertz CT molecular complexity index is 1400. The third-order valence-corrected chi connectivity index (χ3v) is 6.03. The normalized spacial score (nSPS) is 12.3. The standard InChI is InChI=1S/C29H25N3O3/c33-18-21-8-13-24-22(16-21)10-15-25-28(24)30-26(14-9-19-4-2-1-3-5-19)29(31-25)32-27(35)17-20-6-11-23(34)12-7-20/h1-9,11-14,16,33-34H,10,15,17-18H2,(H,31,32,35)/b14-9+. The first-order valence-electron chi connectivity index (χ1n) is 11.5. The van der Waals surface area contributed by atoms with E-state index in [2.05, 4.69) is 5.32 Å². The van der Waals surface area contributed by atoms with Crippen molar-refractivity contribution in [2.75, 3.05) is 5.32 Å². The first-order valence-corrected chi connectivity index (χ1v) is 11.5. The first kappa shape index (κ1) is 22.5. The number of hydrogen-bond acceptors (Lipinski definition) is 5. The lowest BCUT2D eigenvalue weighted by Crippen LogP contribution is -2.19. The molecule has 0 bridgehead atoms. The summed E-state index contributed by atoms with van der Waals surface area (Å²) in [6.45, 7) is 0.00286. The van der Waals surface area contributed by atoms with Crippen molar-refractivity contribution in [3.8, 4) is 17.0 Å². The number of aromatic nitrogens is 2. The minimum Gasteiger partial charge on any atom is -0.508 e. The van der Waals surface area contributed by atoms with E-state index in [4.69, 9.17) is 9.97 Å². The molecule has 3 aromatic carbocycles. The number of phenols is 1. The minimum absolute atomic E-state index is 0.00286. The summed E-state index contributed by atoms with van der Waals surface area (Å²) in [5, 5.41) is 21.9. The molecule has 0 atom stereocenters. The van der Waals surface area contributed by atoms with Crippen molar-refractivity contribution < 1.29 is 15.0 Å². The van der Waals surface area contributed by atoms with Gasteiger partial charge in [-0.15, -0.1) is 0 Å². The molecule has 0 fully saturated rings. The van der Waals surface area contributed by atoms with Crippen molar-refractivity contribution in [2.24, 2.45) is 0 Å². The lowest BCUT2D eigenvalue weighted by atomic mass is 9.90. The fourth-order valence-electron chi connectivity index (χ4n) is 4.23. The first-order chi connectivity index (χ1) is 17.1. The van der Waals surface area contributed by atoms with E-state index in [1.54, 1.807) is 24.3 Å². The molecule has 174 valence electrons. The number of aliphatic hydroxyl groups excluding tert-OH is 1. The Balaban J connectivity index is 1.50. The molecule has 0 spiro atoms. The van der Waals surface area contributed by atoms with Crippen molar-refractivity contribution in [3.05, 3.63) is 106 Å². The Kier molecular flexibility index (Phi) is 6.37. The molecule has 5 rings (SSSR count). The number of nitrogens with one attached hydrogen (secondary N) is 1. The van der Waals surface area contributed by atoms with Gasteiger partial charge in [-0.3, -0.25) is 4.79 Å². The fourth-order valence-corrected chi connectivity index (χ4v) is 4.23. The van der Waals surface area contributed by atoms with E-state index >= 15 is 0 Å². The number of hydrogen-bond donors (Lipinski definition) is 3. The number of rotatable bonds is 6. The Hall–Kier alpha value is -4.29. The van der Waals surface area contributed by atoms with Gasteiger partial charge in [-0.1, -0.05) is 66.7 Å². The van der Waals surface area contributed by atoms with Gasteiger partial charge < -0.3 is 15.5 Å². The van der Waals surface area contributed by atoms with E-state index in [0.29, 0.717) is 17.9 Å². The van der Waals surface area contributed by atoms with Crippen LogP contribution in [0, 0.1) is 0 Å². The van der Waals surface area contributed by atoms with Crippen molar-refractivity contribution in [3.63, 3.8) is 0 Å². The summed E-state index contributed by atoms with van der Waals surface area (Å²) in [4.78, 5) is 22.6. The summed E-state index contributed by atoms with van der Waals surface area (Å²) in [5.41, 5.74) is 7.05. The summed E-state index contributed by atoms with van der Waals surface area (Å²) in [5.74, 6) is 0.382. The smallest absolute Gasteiger partial charge is 0.230 e. The van der Waals surface area contributed by atoms with E-state index in [-0.39, 0.29) is 24.7 Å². The second kappa shape index (κ2) is 9.91. The van der Waals surface area contributed by atoms with Crippen LogP contribution < -0.4 is 5.32 Å². The van der Waals surface area contributed by atoms with E-state index in [9.17, 15) is 15.0 Å². The number of amides is 1. The van der Waals surface area contributed by atoms with Gasteiger partial charge in [0.1, 0.15) is 11.4 Å². The van der Waals surface area contributed by atoms with Gasteiger partial charge in [-0.2, -0.15) is 0 Å². The predicted octanol–water partition coefficient (Wildman–Crippen LogP) is 4.79. The SMILES string of the molecule is O=C(Cc1ccc(O)cc1)Nc1nc2c(nc1/C=C/c1ccccc1)-c1ccc(CO)cc1CC2. The number of carbonyl (C=O) groups is 1. The van der Waals surface area contributed by atoms with Crippen LogP contribution in [0.1, 0.15) is 33.6 Å². The molecule has 0 unspecified atom stereocenters.